The lowest BCUT2D eigenvalue weighted by Crippen LogP contribution is -2.23. The Kier molecular flexibility index (Phi) is 6.44. The van der Waals surface area contributed by atoms with E-state index in [2.05, 4.69) is 5.32 Å². The molecule has 1 aromatic rings. The zero-order valence-electron chi connectivity index (χ0n) is 14.7. The third kappa shape index (κ3) is 4.12. The van der Waals surface area contributed by atoms with Crippen molar-refractivity contribution in [1.29, 1.82) is 0 Å². The summed E-state index contributed by atoms with van der Waals surface area (Å²) < 4.78 is 19.9. The highest BCUT2D eigenvalue weighted by atomic mass is 16.6. The lowest BCUT2D eigenvalue weighted by Gasteiger charge is -2.22. The van der Waals surface area contributed by atoms with Gasteiger partial charge in [0.15, 0.2) is 0 Å². The summed E-state index contributed by atoms with van der Waals surface area (Å²) in [7, 11) is 2.34. The molecule has 8 heteroatoms. The maximum atomic E-state index is 12.2. The van der Waals surface area contributed by atoms with Crippen molar-refractivity contribution in [2.45, 2.75) is 45.1 Å². The molecule has 1 fully saturated rings. The lowest BCUT2D eigenvalue weighted by atomic mass is 9.95. The number of nitrogens with one attached hydrogen (secondary N) is 1. The number of carbonyl (C=O) groups excluding carboxylic acids is 3. The Morgan fingerprint density at radius 1 is 1.00 bits per heavy atom. The fourth-order valence-corrected chi connectivity index (χ4v) is 2.90. The van der Waals surface area contributed by atoms with Crippen molar-refractivity contribution in [1.82, 2.24) is 0 Å². The van der Waals surface area contributed by atoms with E-state index in [0.29, 0.717) is 0 Å². The van der Waals surface area contributed by atoms with E-state index < -0.39 is 17.9 Å². The highest BCUT2D eigenvalue weighted by Gasteiger charge is 2.36. The molecule has 1 heterocycles. The molecule has 0 radical (unpaired) electrons. The number of methoxy groups -OCH3 is 2. The van der Waals surface area contributed by atoms with E-state index in [1.807, 2.05) is 0 Å². The predicted molar refractivity (Wildman–Crippen MR) is 87.8 cm³/mol. The summed E-state index contributed by atoms with van der Waals surface area (Å²) in [6, 6.07) is 0.0869. The van der Waals surface area contributed by atoms with Gasteiger partial charge < -0.3 is 23.9 Å². The van der Waals surface area contributed by atoms with Gasteiger partial charge in [0.1, 0.15) is 11.1 Å². The molecule has 1 aliphatic rings. The zero-order chi connectivity index (χ0) is 18.4. The summed E-state index contributed by atoms with van der Waals surface area (Å²) in [6.07, 6.45) is 5.08. The first-order chi connectivity index (χ1) is 12.0. The van der Waals surface area contributed by atoms with Gasteiger partial charge in [0.05, 0.1) is 20.8 Å². The Bertz CT molecular complexity index is 644. The van der Waals surface area contributed by atoms with Crippen molar-refractivity contribution in [3.05, 3.63) is 16.9 Å². The van der Waals surface area contributed by atoms with Gasteiger partial charge in [-0.1, -0.05) is 19.3 Å². The van der Waals surface area contributed by atoms with Crippen LogP contribution >= 0.6 is 0 Å². The maximum absolute atomic E-state index is 12.2. The van der Waals surface area contributed by atoms with Gasteiger partial charge in [0, 0.05) is 6.04 Å². The molecule has 1 aliphatic carbocycles. The molecule has 0 saturated heterocycles. The van der Waals surface area contributed by atoms with Gasteiger partial charge in [-0.15, -0.1) is 0 Å². The van der Waals surface area contributed by atoms with Gasteiger partial charge in [-0.2, -0.15) is 0 Å². The van der Waals surface area contributed by atoms with Crippen LogP contribution in [0.3, 0.4) is 0 Å². The molecule has 1 N–H and O–H groups in total. The first-order valence-electron chi connectivity index (χ1n) is 8.30. The van der Waals surface area contributed by atoms with Gasteiger partial charge in [0.25, 0.3) is 0 Å². The van der Waals surface area contributed by atoms with Crippen molar-refractivity contribution in [3.63, 3.8) is 0 Å². The van der Waals surface area contributed by atoms with Crippen molar-refractivity contribution in [3.8, 4) is 0 Å². The van der Waals surface area contributed by atoms with E-state index >= 15 is 0 Å². The molecule has 0 amide bonds. The minimum Gasteiger partial charge on any atom is -0.465 e. The second-order valence-corrected chi connectivity index (χ2v) is 5.69. The van der Waals surface area contributed by atoms with Gasteiger partial charge in [0.2, 0.25) is 11.6 Å². The monoisotopic (exact) mass is 353 g/mol. The Hall–Kier alpha value is -2.51. The molecule has 0 bridgehead atoms. The largest absolute Gasteiger partial charge is 0.465 e. The number of rotatable bonds is 6. The molecule has 0 atom stereocenters. The van der Waals surface area contributed by atoms with E-state index in [-0.39, 0.29) is 35.4 Å². The number of ether oxygens (including phenoxy) is 3. The van der Waals surface area contributed by atoms with Crippen molar-refractivity contribution < 1.29 is 33.0 Å². The number of hydrogen-bond acceptors (Lipinski definition) is 8. The summed E-state index contributed by atoms with van der Waals surface area (Å²) in [5.41, 5.74) is -0.436. The second kappa shape index (κ2) is 8.55. The minimum atomic E-state index is -0.871. The fourth-order valence-electron chi connectivity index (χ4n) is 2.90. The van der Waals surface area contributed by atoms with Crippen molar-refractivity contribution >= 4 is 23.8 Å². The summed E-state index contributed by atoms with van der Waals surface area (Å²) in [4.78, 5) is 36.5. The van der Waals surface area contributed by atoms with E-state index in [9.17, 15) is 14.4 Å². The second-order valence-electron chi connectivity index (χ2n) is 5.69. The molecular formula is C17H23NO7. The van der Waals surface area contributed by atoms with Gasteiger partial charge in [-0.3, -0.25) is 0 Å². The van der Waals surface area contributed by atoms with E-state index in [0.717, 1.165) is 39.2 Å². The molecule has 2 rings (SSSR count). The zero-order valence-corrected chi connectivity index (χ0v) is 14.7. The van der Waals surface area contributed by atoms with Crippen molar-refractivity contribution in [2.75, 3.05) is 26.1 Å². The van der Waals surface area contributed by atoms with Crippen LogP contribution in [0.1, 0.15) is 70.3 Å². The lowest BCUT2D eigenvalue weighted by molar-refractivity contribution is 0.0469. The maximum Gasteiger partial charge on any atom is 0.375 e. The molecule has 0 aliphatic heterocycles. The number of esters is 3. The van der Waals surface area contributed by atoms with Crippen LogP contribution in [0.25, 0.3) is 0 Å². The molecule has 8 nitrogen and oxygen atoms in total. The Morgan fingerprint density at radius 3 is 2.16 bits per heavy atom. The van der Waals surface area contributed by atoms with Gasteiger partial charge in [-0.25, -0.2) is 14.4 Å². The quantitative estimate of drug-likeness (QED) is 0.615. The average Bonchev–Trinajstić information content (AvgIpc) is 3.00. The molecule has 138 valence electrons. The van der Waals surface area contributed by atoms with Crippen molar-refractivity contribution in [2.24, 2.45) is 0 Å². The fraction of sp³-hybridized carbons (Fsp3) is 0.588. The van der Waals surface area contributed by atoms with Gasteiger partial charge >= 0.3 is 17.9 Å². The third-order valence-electron chi connectivity index (χ3n) is 4.09. The van der Waals surface area contributed by atoms with Crippen LogP contribution in [0.15, 0.2) is 4.42 Å². The normalized spacial score (nSPS) is 14.7. The van der Waals surface area contributed by atoms with Crippen LogP contribution in [0, 0.1) is 0 Å². The Morgan fingerprint density at radius 2 is 1.60 bits per heavy atom. The predicted octanol–water partition coefficient (Wildman–Crippen LogP) is 2.77. The molecule has 0 unspecified atom stereocenters. The highest BCUT2D eigenvalue weighted by molar-refractivity contribution is 6.12. The van der Waals surface area contributed by atoms with Crippen LogP contribution in [-0.2, 0) is 14.2 Å². The molecule has 1 saturated carbocycles. The van der Waals surface area contributed by atoms with Crippen LogP contribution in [0.5, 0.6) is 0 Å². The topological polar surface area (TPSA) is 104 Å². The summed E-state index contributed by atoms with van der Waals surface area (Å²) in [6.45, 7) is 1.72. The van der Waals surface area contributed by atoms with Crippen LogP contribution in [-0.4, -0.2) is 44.8 Å². The highest BCUT2D eigenvalue weighted by Crippen LogP contribution is 2.32. The Balaban J connectivity index is 2.50. The molecular weight excluding hydrogens is 330 g/mol. The number of carbonyl (C=O) groups is 3. The van der Waals surface area contributed by atoms with Crippen LogP contribution in [0.4, 0.5) is 5.88 Å². The number of hydrogen-bond donors (Lipinski definition) is 1. The molecule has 25 heavy (non-hydrogen) atoms. The summed E-state index contributed by atoms with van der Waals surface area (Å²) >= 11 is 0. The van der Waals surface area contributed by atoms with Crippen LogP contribution < -0.4 is 5.32 Å². The molecule has 0 aromatic carbocycles. The SMILES string of the molecule is CCOC(=O)c1oc(NC2CCCCC2)c(C(=O)OC)c1C(=O)OC. The Labute approximate surface area is 145 Å². The average molecular weight is 353 g/mol. The van der Waals surface area contributed by atoms with Crippen LogP contribution in [0.2, 0.25) is 0 Å². The smallest absolute Gasteiger partial charge is 0.375 e. The van der Waals surface area contributed by atoms with E-state index in [4.69, 9.17) is 18.6 Å². The molecule has 1 aromatic heterocycles. The standard InChI is InChI=1S/C17H23NO7/c1-4-24-17(21)13-11(15(19)22-2)12(16(20)23-3)14(25-13)18-10-8-6-5-7-9-10/h10,18H,4-9H2,1-3H3. The van der Waals surface area contributed by atoms with Gasteiger partial charge in [-0.05, 0) is 19.8 Å². The van der Waals surface area contributed by atoms with E-state index in [1.54, 1.807) is 6.92 Å². The first kappa shape index (κ1) is 18.8. The third-order valence-corrected chi connectivity index (χ3v) is 4.09. The number of furan rings is 1. The minimum absolute atomic E-state index is 0.0298. The summed E-state index contributed by atoms with van der Waals surface area (Å²) in [5.74, 6) is -2.85. The first-order valence-corrected chi connectivity index (χ1v) is 8.30. The van der Waals surface area contributed by atoms with E-state index in [1.165, 1.54) is 7.11 Å². The number of anilines is 1. The molecule has 0 spiro atoms. The summed E-state index contributed by atoms with van der Waals surface area (Å²) in [5, 5.41) is 3.12.